The highest BCUT2D eigenvalue weighted by Gasteiger charge is 2.26. The quantitative estimate of drug-likeness (QED) is 0.611. The van der Waals surface area contributed by atoms with Crippen molar-refractivity contribution in [2.45, 2.75) is 30.8 Å². The van der Waals surface area contributed by atoms with Crippen molar-refractivity contribution in [2.75, 3.05) is 0 Å². The topological polar surface area (TPSA) is 88.4 Å². The van der Waals surface area contributed by atoms with Crippen molar-refractivity contribution in [2.24, 2.45) is 0 Å². The van der Waals surface area contributed by atoms with Crippen LogP contribution in [-0.2, 0) is 27.8 Å². The number of hydrogen-bond acceptors (Lipinski definition) is 4. The molecule has 1 aromatic heterocycles. The lowest BCUT2D eigenvalue weighted by Gasteiger charge is -2.19. The molecule has 0 spiro atoms. The van der Waals surface area contributed by atoms with Gasteiger partial charge >= 0.3 is 0 Å². The minimum Gasteiger partial charge on any atom is -0.467 e. The van der Waals surface area contributed by atoms with E-state index in [1.54, 1.807) is 24.3 Å². The van der Waals surface area contributed by atoms with Crippen LogP contribution in [0.15, 0.2) is 82.3 Å². The summed E-state index contributed by atoms with van der Waals surface area (Å²) in [5, 5.41) is 2.73. The van der Waals surface area contributed by atoms with E-state index in [0.29, 0.717) is 5.76 Å². The molecular weight excluding hydrogens is 376 g/mol. The largest absolute Gasteiger partial charge is 0.467 e. The zero-order valence-corrected chi connectivity index (χ0v) is 16.3. The maximum atomic E-state index is 12.8. The highest BCUT2D eigenvalue weighted by atomic mass is 32.2. The van der Waals surface area contributed by atoms with Gasteiger partial charge in [-0.25, -0.2) is 8.42 Å². The smallest absolute Gasteiger partial charge is 0.241 e. The number of nitrogens with one attached hydrogen (secondary N) is 2. The van der Waals surface area contributed by atoms with E-state index in [-0.39, 0.29) is 17.9 Å². The number of aryl methyl sites for hydroxylation is 1. The number of amides is 1. The van der Waals surface area contributed by atoms with Crippen LogP contribution in [0, 0.1) is 6.92 Å². The van der Waals surface area contributed by atoms with Crippen molar-refractivity contribution < 1.29 is 17.6 Å². The molecule has 0 aliphatic heterocycles. The standard InChI is InChI=1S/C21H22N2O4S/c1-16-7-5-11-19(13-16)28(25,26)23-20(14-17-8-3-2-4-9-17)21(24)22-15-18-10-6-12-27-18/h2-13,20,23H,14-15H2,1H3,(H,22,24)/t20-/m0/s1. The van der Waals surface area contributed by atoms with E-state index < -0.39 is 22.0 Å². The summed E-state index contributed by atoms with van der Waals surface area (Å²) in [6.45, 7) is 2.00. The minimum atomic E-state index is -3.85. The monoisotopic (exact) mass is 398 g/mol. The third-order valence-corrected chi connectivity index (χ3v) is 5.68. The summed E-state index contributed by atoms with van der Waals surface area (Å²) in [5.74, 6) is 0.171. The second-order valence-corrected chi connectivity index (χ2v) is 8.19. The van der Waals surface area contributed by atoms with Gasteiger partial charge in [0, 0.05) is 0 Å². The first-order valence-corrected chi connectivity index (χ1v) is 10.4. The normalized spacial score (nSPS) is 12.5. The van der Waals surface area contributed by atoms with Gasteiger partial charge in [0.1, 0.15) is 11.8 Å². The molecule has 1 atom stereocenters. The summed E-state index contributed by atoms with van der Waals surface area (Å²) in [6, 6.07) is 18.4. The lowest BCUT2D eigenvalue weighted by Crippen LogP contribution is -2.47. The Morgan fingerprint density at radius 1 is 1.04 bits per heavy atom. The molecule has 0 aliphatic rings. The lowest BCUT2D eigenvalue weighted by atomic mass is 10.1. The molecule has 2 aromatic carbocycles. The second kappa shape index (κ2) is 8.86. The average Bonchev–Trinajstić information content (AvgIpc) is 3.20. The molecule has 0 aliphatic carbocycles. The molecule has 1 amide bonds. The van der Waals surface area contributed by atoms with Gasteiger partial charge in [-0.05, 0) is 48.7 Å². The summed E-state index contributed by atoms with van der Waals surface area (Å²) < 4.78 is 33.4. The molecule has 0 saturated carbocycles. The van der Waals surface area contributed by atoms with Gasteiger partial charge < -0.3 is 9.73 Å². The molecule has 2 N–H and O–H groups in total. The number of benzene rings is 2. The van der Waals surface area contributed by atoms with Crippen molar-refractivity contribution in [3.63, 3.8) is 0 Å². The van der Waals surface area contributed by atoms with Crippen molar-refractivity contribution in [3.8, 4) is 0 Å². The predicted octanol–water partition coefficient (Wildman–Crippen LogP) is 2.79. The van der Waals surface area contributed by atoms with Gasteiger partial charge in [0.2, 0.25) is 15.9 Å². The SMILES string of the molecule is Cc1cccc(S(=O)(=O)N[C@@H](Cc2ccccc2)C(=O)NCc2ccco2)c1. The molecule has 0 saturated heterocycles. The maximum absolute atomic E-state index is 12.8. The van der Waals surface area contributed by atoms with Gasteiger partial charge in [0.25, 0.3) is 0 Å². The fourth-order valence-electron chi connectivity index (χ4n) is 2.79. The highest BCUT2D eigenvalue weighted by Crippen LogP contribution is 2.13. The number of rotatable bonds is 8. The fourth-order valence-corrected chi connectivity index (χ4v) is 4.09. The minimum absolute atomic E-state index is 0.129. The lowest BCUT2D eigenvalue weighted by molar-refractivity contribution is -0.122. The van der Waals surface area contributed by atoms with Crippen molar-refractivity contribution in [3.05, 3.63) is 89.9 Å². The van der Waals surface area contributed by atoms with E-state index in [0.717, 1.165) is 11.1 Å². The van der Waals surface area contributed by atoms with Crippen LogP contribution in [0.3, 0.4) is 0 Å². The highest BCUT2D eigenvalue weighted by molar-refractivity contribution is 7.89. The van der Waals surface area contributed by atoms with E-state index in [2.05, 4.69) is 10.0 Å². The van der Waals surface area contributed by atoms with E-state index in [9.17, 15) is 13.2 Å². The zero-order chi connectivity index (χ0) is 20.0. The van der Waals surface area contributed by atoms with E-state index in [4.69, 9.17) is 4.42 Å². The molecule has 7 heteroatoms. The van der Waals surface area contributed by atoms with Crippen LogP contribution in [0.4, 0.5) is 0 Å². The van der Waals surface area contributed by atoms with E-state index in [1.807, 2.05) is 43.3 Å². The first-order chi connectivity index (χ1) is 13.4. The second-order valence-electron chi connectivity index (χ2n) is 6.48. The Kier molecular flexibility index (Phi) is 6.28. The number of carbonyl (C=O) groups excluding carboxylic acids is 1. The molecule has 0 radical (unpaired) electrons. The van der Waals surface area contributed by atoms with Crippen LogP contribution in [-0.4, -0.2) is 20.4 Å². The van der Waals surface area contributed by atoms with Gasteiger partial charge in [-0.2, -0.15) is 4.72 Å². The molecule has 6 nitrogen and oxygen atoms in total. The molecule has 0 fully saturated rings. The molecule has 3 aromatic rings. The molecule has 0 bridgehead atoms. The molecule has 1 heterocycles. The van der Waals surface area contributed by atoms with Crippen molar-refractivity contribution >= 4 is 15.9 Å². The maximum Gasteiger partial charge on any atom is 0.241 e. The van der Waals surface area contributed by atoms with Crippen molar-refractivity contribution in [1.82, 2.24) is 10.0 Å². The molecule has 28 heavy (non-hydrogen) atoms. The van der Waals surface area contributed by atoms with Gasteiger partial charge in [-0.1, -0.05) is 42.5 Å². The van der Waals surface area contributed by atoms with E-state index in [1.165, 1.54) is 12.3 Å². The Hall–Kier alpha value is -2.90. The van der Waals surface area contributed by atoms with Crippen LogP contribution in [0.5, 0.6) is 0 Å². The van der Waals surface area contributed by atoms with Gasteiger partial charge in [0.05, 0.1) is 17.7 Å². The number of furan rings is 1. The predicted molar refractivity (Wildman–Crippen MR) is 106 cm³/mol. The first kappa shape index (κ1) is 19.9. The first-order valence-electron chi connectivity index (χ1n) is 8.87. The number of carbonyl (C=O) groups is 1. The molecule has 3 rings (SSSR count). The van der Waals surface area contributed by atoms with Crippen molar-refractivity contribution in [1.29, 1.82) is 0 Å². The average molecular weight is 398 g/mol. The Balaban J connectivity index is 1.79. The molecule has 0 unspecified atom stereocenters. The third-order valence-electron chi connectivity index (χ3n) is 4.21. The summed E-state index contributed by atoms with van der Waals surface area (Å²) >= 11 is 0. The summed E-state index contributed by atoms with van der Waals surface area (Å²) in [5.41, 5.74) is 1.68. The Bertz CT molecular complexity index is 1020. The molecular formula is C21H22N2O4S. The Morgan fingerprint density at radius 2 is 1.82 bits per heavy atom. The van der Waals surface area contributed by atoms with Gasteiger partial charge in [-0.3, -0.25) is 4.79 Å². The van der Waals surface area contributed by atoms with Crippen LogP contribution >= 0.6 is 0 Å². The zero-order valence-electron chi connectivity index (χ0n) is 15.5. The number of sulfonamides is 1. The van der Waals surface area contributed by atoms with Gasteiger partial charge in [-0.15, -0.1) is 0 Å². The Labute approximate surface area is 164 Å². The fraction of sp³-hybridized carbons (Fsp3) is 0.190. The van der Waals surface area contributed by atoms with Crippen LogP contribution in [0.1, 0.15) is 16.9 Å². The number of hydrogen-bond donors (Lipinski definition) is 2. The summed E-state index contributed by atoms with van der Waals surface area (Å²) in [4.78, 5) is 12.9. The van der Waals surface area contributed by atoms with E-state index >= 15 is 0 Å². The van der Waals surface area contributed by atoms with Gasteiger partial charge in [0.15, 0.2) is 0 Å². The molecule has 146 valence electrons. The third kappa shape index (κ3) is 5.31. The van der Waals surface area contributed by atoms with Crippen LogP contribution in [0.2, 0.25) is 0 Å². The summed E-state index contributed by atoms with van der Waals surface area (Å²) in [6.07, 6.45) is 1.75. The Morgan fingerprint density at radius 3 is 2.50 bits per heavy atom. The van der Waals surface area contributed by atoms with Crippen LogP contribution in [0.25, 0.3) is 0 Å². The van der Waals surface area contributed by atoms with Crippen LogP contribution < -0.4 is 10.0 Å². The summed E-state index contributed by atoms with van der Waals surface area (Å²) in [7, 11) is -3.85.